The molecule has 11 rings (SSSR count). The number of rotatable bonds is 2. The van der Waals surface area contributed by atoms with E-state index in [-0.39, 0.29) is 16.4 Å². The van der Waals surface area contributed by atoms with Crippen molar-refractivity contribution in [3.63, 3.8) is 0 Å². The summed E-state index contributed by atoms with van der Waals surface area (Å²) in [6.07, 6.45) is 4.95. The van der Waals surface area contributed by atoms with E-state index in [0.29, 0.717) is 0 Å². The predicted molar refractivity (Wildman–Crippen MR) is 208 cm³/mol. The second-order valence-electron chi connectivity index (χ2n) is 15.5. The van der Waals surface area contributed by atoms with Crippen molar-refractivity contribution < 1.29 is 0 Å². The minimum Gasteiger partial charge on any atom is -0.334 e. The van der Waals surface area contributed by atoms with E-state index < -0.39 is 0 Å². The molecular weight excluding hydrogens is 603 g/mol. The molecule has 1 fully saturated rings. The molecule has 7 aromatic rings. The summed E-state index contributed by atoms with van der Waals surface area (Å²) in [5.41, 5.74) is 17.6. The van der Waals surface area contributed by atoms with Crippen LogP contribution in [0.15, 0.2) is 152 Å². The van der Waals surface area contributed by atoms with E-state index in [4.69, 9.17) is 0 Å². The number of fused-ring (bicyclic) bond motifs is 14. The van der Waals surface area contributed by atoms with Crippen LogP contribution in [0.25, 0.3) is 44.2 Å². The number of benzene rings is 7. The standard InChI is InChI=1S/C49H39N/c1-47-28-11-12-29-48(47,2)50(45-23-13-15-32-14-3-4-16-35(32)45)46-27-25-34(31-44(46)47)33-24-26-43-39(30-33)38-19-7-10-22-42(38)49(43)40-20-8-5-17-36(40)37-18-6-9-21-41(37)49/h3-10,13-27,30-31H,11-12,28-29H2,1-2H3. The van der Waals surface area contributed by atoms with Crippen LogP contribution in [-0.4, -0.2) is 5.54 Å². The largest absolute Gasteiger partial charge is 0.334 e. The highest BCUT2D eigenvalue weighted by Gasteiger charge is 2.58. The molecule has 1 heteroatoms. The zero-order valence-corrected chi connectivity index (χ0v) is 28.7. The van der Waals surface area contributed by atoms with Gasteiger partial charge in [-0.25, -0.2) is 0 Å². The van der Waals surface area contributed by atoms with Gasteiger partial charge in [0.15, 0.2) is 0 Å². The first-order chi connectivity index (χ1) is 24.5. The van der Waals surface area contributed by atoms with Gasteiger partial charge in [0.1, 0.15) is 0 Å². The van der Waals surface area contributed by atoms with E-state index in [2.05, 4.69) is 170 Å². The highest BCUT2D eigenvalue weighted by Crippen LogP contribution is 2.64. The van der Waals surface area contributed by atoms with Gasteiger partial charge in [-0.2, -0.15) is 0 Å². The van der Waals surface area contributed by atoms with Gasteiger partial charge in [0.25, 0.3) is 0 Å². The van der Waals surface area contributed by atoms with Gasteiger partial charge in [-0.05, 0) is 111 Å². The van der Waals surface area contributed by atoms with Gasteiger partial charge >= 0.3 is 0 Å². The molecule has 2 unspecified atom stereocenters. The van der Waals surface area contributed by atoms with Crippen LogP contribution in [0, 0.1) is 0 Å². The highest BCUT2D eigenvalue weighted by molar-refractivity contribution is 5.99. The van der Waals surface area contributed by atoms with Gasteiger partial charge in [-0.1, -0.05) is 147 Å². The Morgan fingerprint density at radius 3 is 1.74 bits per heavy atom. The van der Waals surface area contributed by atoms with Crippen molar-refractivity contribution in [3.8, 4) is 33.4 Å². The van der Waals surface area contributed by atoms with Crippen LogP contribution in [-0.2, 0) is 10.8 Å². The van der Waals surface area contributed by atoms with E-state index >= 15 is 0 Å². The second kappa shape index (κ2) is 9.86. The van der Waals surface area contributed by atoms with Crippen molar-refractivity contribution >= 4 is 22.1 Å². The minimum absolute atomic E-state index is 0.00282. The molecule has 4 aliphatic rings. The molecule has 1 heterocycles. The molecule has 0 N–H and O–H groups in total. The molecule has 1 aliphatic heterocycles. The van der Waals surface area contributed by atoms with Crippen LogP contribution < -0.4 is 4.90 Å². The molecule has 50 heavy (non-hydrogen) atoms. The molecular formula is C49H39N. The summed E-state index contributed by atoms with van der Waals surface area (Å²) >= 11 is 0. The maximum absolute atomic E-state index is 2.73. The van der Waals surface area contributed by atoms with Gasteiger partial charge in [-0.3, -0.25) is 0 Å². The van der Waals surface area contributed by atoms with Gasteiger partial charge in [0.05, 0.1) is 11.0 Å². The first kappa shape index (κ1) is 28.4. The molecule has 1 nitrogen and oxygen atoms in total. The molecule has 1 spiro atoms. The van der Waals surface area contributed by atoms with Crippen LogP contribution in [0.5, 0.6) is 0 Å². The van der Waals surface area contributed by atoms with Gasteiger partial charge < -0.3 is 4.90 Å². The van der Waals surface area contributed by atoms with Crippen LogP contribution in [0.4, 0.5) is 11.4 Å². The predicted octanol–water partition coefficient (Wildman–Crippen LogP) is 12.6. The SMILES string of the molecule is CC12CCCCC1(C)N(c1cccc3ccccc13)c1ccc(-c3ccc4c(c3)-c3ccccc3C43c4ccccc4-c4ccccc43)cc12. The Bertz CT molecular complexity index is 2510. The van der Waals surface area contributed by atoms with Gasteiger partial charge in [0, 0.05) is 22.2 Å². The fraction of sp³-hybridized carbons (Fsp3) is 0.184. The van der Waals surface area contributed by atoms with Crippen LogP contribution in [0.2, 0.25) is 0 Å². The number of anilines is 2. The van der Waals surface area contributed by atoms with Crippen molar-refractivity contribution in [2.24, 2.45) is 0 Å². The zero-order valence-electron chi connectivity index (χ0n) is 28.7. The third kappa shape index (κ3) is 3.34. The second-order valence-corrected chi connectivity index (χ2v) is 15.5. The van der Waals surface area contributed by atoms with Crippen molar-refractivity contribution in [1.29, 1.82) is 0 Å². The van der Waals surface area contributed by atoms with E-state index in [1.165, 1.54) is 109 Å². The third-order valence-corrected chi connectivity index (χ3v) is 13.4. The normalized spacial score (nSPS) is 21.8. The molecule has 7 aromatic carbocycles. The first-order valence-electron chi connectivity index (χ1n) is 18.4. The van der Waals surface area contributed by atoms with E-state index in [0.717, 1.165) is 0 Å². The Morgan fingerprint density at radius 2 is 1.00 bits per heavy atom. The van der Waals surface area contributed by atoms with E-state index in [9.17, 15) is 0 Å². The Balaban J connectivity index is 1.11. The molecule has 1 saturated carbocycles. The maximum Gasteiger partial charge on any atom is 0.0725 e. The lowest BCUT2D eigenvalue weighted by Crippen LogP contribution is -2.54. The average molecular weight is 642 g/mol. The third-order valence-electron chi connectivity index (χ3n) is 13.4. The summed E-state index contributed by atoms with van der Waals surface area (Å²) in [5, 5.41) is 2.64. The minimum atomic E-state index is -0.300. The zero-order chi connectivity index (χ0) is 33.2. The molecule has 3 aliphatic carbocycles. The van der Waals surface area contributed by atoms with Crippen molar-refractivity contribution in [3.05, 3.63) is 179 Å². The summed E-state index contributed by atoms with van der Waals surface area (Å²) in [6.45, 7) is 5.09. The lowest BCUT2D eigenvalue weighted by molar-refractivity contribution is 0.195. The fourth-order valence-electron chi connectivity index (χ4n) is 11.0. The monoisotopic (exact) mass is 641 g/mol. The summed E-state index contributed by atoms with van der Waals surface area (Å²) in [4.78, 5) is 2.73. The van der Waals surface area contributed by atoms with E-state index in [1.54, 1.807) is 0 Å². The fourth-order valence-corrected chi connectivity index (χ4v) is 11.0. The maximum atomic E-state index is 2.73. The lowest BCUT2D eigenvalue weighted by Gasteiger charge is -2.50. The molecule has 0 bridgehead atoms. The molecule has 0 amide bonds. The summed E-state index contributed by atoms with van der Waals surface area (Å²) < 4.78 is 0. The van der Waals surface area contributed by atoms with Crippen LogP contribution >= 0.6 is 0 Å². The summed E-state index contributed by atoms with van der Waals surface area (Å²) in [6, 6.07) is 57.8. The van der Waals surface area contributed by atoms with Gasteiger partial charge in [-0.15, -0.1) is 0 Å². The van der Waals surface area contributed by atoms with Crippen molar-refractivity contribution in [1.82, 2.24) is 0 Å². The Labute approximate surface area is 294 Å². The topological polar surface area (TPSA) is 3.24 Å². The number of nitrogens with zero attached hydrogens (tertiary/aromatic N) is 1. The summed E-state index contributed by atoms with van der Waals surface area (Å²) in [5.74, 6) is 0. The summed E-state index contributed by atoms with van der Waals surface area (Å²) in [7, 11) is 0. The van der Waals surface area contributed by atoms with E-state index in [1.807, 2.05) is 0 Å². The molecule has 0 saturated heterocycles. The van der Waals surface area contributed by atoms with Crippen molar-refractivity contribution in [2.45, 2.75) is 55.9 Å². The first-order valence-corrected chi connectivity index (χ1v) is 18.4. The van der Waals surface area contributed by atoms with Crippen LogP contribution in [0.1, 0.15) is 67.3 Å². The Kier molecular flexibility index (Phi) is 5.61. The van der Waals surface area contributed by atoms with Crippen molar-refractivity contribution in [2.75, 3.05) is 4.90 Å². The number of hydrogen-bond acceptors (Lipinski definition) is 1. The average Bonchev–Trinajstić information content (AvgIpc) is 3.71. The Morgan fingerprint density at radius 1 is 0.440 bits per heavy atom. The van der Waals surface area contributed by atoms with Gasteiger partial charge in [0.2, 0.25) is 0 Å². The number of hydrogen-bond donors (Lipinski definition) is 0. The molecule has 0 aromatic heterocycles. The smallest absolute Gasteiger partial charge is 0.0725 e. The molecule has 240 valence electrons. The molecule has 2 atom stereocenters. The quantitative estimate of drug-likeness (QED) is 0.182. The lowest BCUT2D eigenvalue weighted by atomic mass is 9.61. The van der Waals surface area contributed by atoms with Crippen LogP contribution in [0.3, 0.4) is 0 Å². The Hall–Kier alpha value is -5.40. The molecule has 0 radical (unpaired) electrons. The highest BCUT2D eigenvalue weighted by atomic mass is 15.3.